The summed E-state index contributed by atoms with van der Waals surface area (Å²) >= 11 is 1.72. The molecule has 1 aromatic heterocycles. The molecule has 0 saturated heterocycles. The molecule has 0 saturated carbocycles. The molecule has 1 aliphatic carbocycles. The molecular formula is C14H16N2S. The third kappa shape index (κ3) is 2.26. The van der Waals surface area contributed by atoms with Gasteiger partial charge in [-0.15, -0.1) is 11.3 Å². The lowest BCUT2D eigenvalue weighted by molar-refractivity contribution is 0.526. The van der Waals surface area contributed by atoms with Crippen molar-refractivity contribution in [2.24, 2.45) is 0 Å². The number of rotatable bonds is 3. The second-order valence-corrected chi connectivity index (χ2v) is 5.59. The molecule has 1 heterocycles. The lowest BCUT2D eigenvalue weighted by Gasteiger charge is -2.12. The number of benzene rings is 1. The van der Waals surface area contributed by atoms with Crippen LogP contribution in [0.1, 0.15) is 34.3 Å². The zero-order valence-electron chi connectivity index (χ0n) is 9.94. The Bertz CT molecular complexity index is 518. The van der Waals surface area contributed by atoms with Gasteiger partial charge in [0.2, 0.25) is 0 Å². The zero-order chi connectivity index (χ0) is 11.7. The first-order valence-corrected chi connectivity index (χ1v) is 6.93. The fourth-order valence-corrected chi connectivity index (χ4v) is 3.10. The van der Waals surface area contributed by atoms with Crippen LogP contribution in [0.3, 0.4) is 0 Å². The number of hydrogen-bond donors (Lipinski definition) is 1. The van der Waals surface area contributed by atoms with E-state index >= 15 is 0 Å². The van der Waals surface area contributed by atoms with Gasteiger partial charge >= 0.3 is 0 Å². The van der Waals surface area contributed by atoms with Crippen LogP contribution >= 0.6 is 11.3 Å². The number of nitrogens with one attached hydrogen (secondary N) is 1. The quantitative estimate of drug-likeness (QED) is 0.896. The van der Waals surface area contributed by atoms with E-state index in [0.29, 0.717) is 6.04 Å². The number of aryl methyl sites for hydroxylation is 2. The van der Waals surface area contributed by atoms with Gasteiger partial charge in [0.25, 0.3) is 0 Å². The number of aromatic nitrogens is 1. The fraction of sp³-hybridized carbons (Fsp3) is 0.357. The zero-order valence-corrected chi connectivity index (χ0v) is 10.8. The second-order valence-electron chi connectivity index (χ2n) is 4.53. The van der Waals surface area contributed by atoms with E-state index in [9.17, 15) is 0 Å². The van der Waals surface area contributed by atoms with Crippen LogP contribution in [-0.2, 0) is 13.0 Å². The van der Waals surface area contributed by atoms with Gasteiger partial charge in [-0.2, -0.15) is 0 Å². The predicted octanol–water partition coefficient (Wildman–Crippen LogP) is 3.23. The minimum Gasteiger partial charge on any atom is -0.304 e. The number of fused-ring (bicyclic) bond motifs is 1. The highest BCUT2D eigenvalue weighted by Gasteiger charge is 2.21. The Morgan fingerprint density at radius 2 is 2.29 bits per heavy atom. The Labute approximate surface area is 106 Å². The molecule has 17 heavy (non-hydrogen) atoms. The number of hydrogen-bond acceptors (Lipinski definition) is 3. The number of thiazole rings is 1. The molecule has 1 aliphatic rings. The van der Waals surface area contributed by atoms with E-state index in [2.05, 4.69) is 46.9 Å². The highest BCUT2D eigenvalue weighted by molar-refractivity contribution is 7.09. The summed E-state index contributed by atoms with van der Waals surface area (Å²) < 4.78 is 0. The minimum atomic E-state index is 0.508. The maximum atomic E-state index is 4.48. The van der Waals surface area contributed by atoms with E-state index in [4.69, 9.17) is 0 Å². The molecule has 2 nitrogen and oxygen atoms in total. The van der Waals surface area contributed by atoms with Gasteiger partial charge in [0.1, 0.15) is 0 Å². The molecule has 1 aromatic carbocycles. The standard InChI is InChI=1S/C14H16N2S/c1-10-16-12(9-17-10)8-15-14-7-6-11-4-2-3-5-13(11)14/h2-5,9,14-15H,6-8H2,1H3. The molecule has 1 atom stereocenters. The van der Waals surface area contributed by atoms with Crippen LogP contribution in [0.25, 0.3) is 0 Å². The van der Waals surface area contributed by atoms with Crippen molar-refractivity contribution in [2.75, 3.05) is 0 Å². The lowest BCUT2D eigenvalue weighted by Crippen LogP contribution is -2.18. The van der Waals surface area contributed by atoms with Crippen LogP contribution in [0.15, 0.2) is 29.6 Å². The molecule has 3 heteroatoms. The van der Waals surface area contributed by atoms with E-state index < -0.39 is 0 Å². The van der Waals surface area contributed by atoms with Gasteiger partial charge in [0.05, 0.1) is 10.7 Å². The smallest absolute Gasteiger partial charge is 0.0897 e. The topological polar surface area (TPSA) is 24.9 Å². The SMILES string of the molecule is Cc1nc(CNC2CCc3ccccc32)cs1. The van der Waals surface area contributed by atoms with Crippen molar-refractivity contribution < 1.29 is 0 Å². The van der Waals surface area contributed by atoms with E-state index in [-0.39, 0.29) is 0 Å². The molecule has 0 fully saturated rings. The van der Waals surface area contributed by atoms with Crippen LogP contribution in [0, 0.1) is 6.92 Å². The largest absolute Gasteiger partial charge is 0.304 e. The summed E-state index contributed by atoms with van der Waals surface area (Å²) in [5.74, 6) is 0. The third-order valence-corrected chi connectivity index (χ3v) is 4.15. The van der Waals surface area contributed by atoms with E-state index in [1.165, 1.54) is 24.0 Å². The highest BCUT2D eigenvalue weighted by Crippen LogP contribution is 2.30. The predicted molar refractivity (Wildman–Crippen MR) is 71.2 cm³/mol. The van der Waals surface area contributed by atoms with Crippen molar-refractivity contribution in [1.82, 2.24) is 10.3 Å². The van der Waals surface area contributed by atoms with Crippen molar-refractivity contribution in [3.63, 3.8) is 0 Å². The molecule has 0 amide bonds. The first kappa shape index (κ1) is 10.9. The Kier molecular flexibility index (Phi) is 2.95. The molecule has 0 radical (unpaired) electrons. The third-order valence-electron chi connectivity index (χ3n) is 3.33. The molecule has 0 spiro atoms. The van der Waals surface area contributed by atoms with Crippen LogP contribution in [0.4, 0.5) is 0 Å². The van der Waals surface area contributed by atoms with Crippen molar-refractivity contribution >= 4 is 11.3 Å². The summed E-state index contributed by atoms with van der Waals surface area (Å²) in [6.07, 6.45) is 2.41. The summed E-state index contributed by atoms with van der Waals surface area (Å²) in [4.78, 5) is 4.48. The average Bonchev–Trinajstić information content (AvgIpc) is 2.93. The maximum absolute atomic E-state index is 4.48. The molecular weight excluding hydrogens is 228 g/mol. The fourth-order valence-electron chi connectivity index (χ4n) is 2.49. The van der Waals surface area contributed by atoms with Crippen LogP contribution in [0.2, 0.25) is 0 Å². The molecule has 0 bridgehead atoms. The van der Waals surface area contributed by atoms with Gasteiger partial charge in [-0.3, -0.25) is 0 Å². The molecule has 1 unspecified atom stereocenters. The molecule has 2 aromatic rings. The van der Waals surface area contributed by atoms with Gasteiger partial charge in [0, 0.05) is 18.0 Å². The summed E-state index contributed by atoms with van der Waals surface area (Å²) in [5.41, 5.74) is 4.13. The summed E-state index contributed by atoms with van der Waals surface area (Å²) in [5, 5.41) is 6.90. The van der Waals surface area contributed by atoms with Crippen molar-refractivity contribution in [2.45, 2.75) is 32.4 Å². The molecule has 1 N–H and O–H groups in total. The van der Waals surface area contributed by atoms with Gasteiger partial charge < -0.3 is 5.32 Å². The van der Waals surface area contributed by atoms with Crippen LogP contribution in [0.5, 0.6) is 0 Å². The van der Waals surface area contributed by atoms with Gasteiger partial charge in [0.15, 0.2) is 0 Å². The first-order valence-electron chi connectivity index (χ1n) is 6.05. The van der Waals surface area contributed by atoms with Gasteiger partial charge in [-0.05, 0) is 30.9 Å². The summed E-state index contributed by atoms with van der Waals surface area (Å²) in [7, 11) is 0. The Morgan fingerprint density at radius 3 is 3.12 bits per heavy atom. The van der Waals surface area contributed by atoms with E-state index in [1.54, 1.807) is 11.3 Å². The van der Waals surface area contributed by atoms with E-state index in [0.717, 1.165) is 17.2 Å². The van der Waals surface area contributed by atoms with E-state index in [1.807, 2.05) is 0 Å². The highest BCUT2D eigenvalue weighted by atomic mass is 32.1. The first-order chi connectivity index (χ1) is 8.33. The average molecular weight is 244 g/mol. The normalized spacial score (nSPS) is 18.3. The minimum absolute atomic E-state index is 0.508. The van der Waals surface area contributed by atoms with Crippen LogP contribution < -0.4 is 5.32 Å². The summed E-state index contributed by atoms with van der Waals surface area (Å²) in [6, 6.07) is 9.25. The summed E-state index contributed by atoms with van der Waals surface area (Å²) in [6.45, 7) is 2.93. The van der Waals surface area contributed by atoms with Crippen molar-refractivity contribution in [3.8, 4) is 0 Å². The van der Waals surface area contributed by atoms with Crippen LogP contribution in [-0.4, -0.2) is 4.98 Å². The Morgan fingerprint density at radius 1 is 1.41 bits per heavy atom. The lowest BCUT2D eigenvalue weighted by atomic mass is 10.1. The molecule has 3 rings (SSSR count). The molecule has 88 valence electrons. The maximum Gasteiger partial charge on any atom is 0.0897 e. The van der Waals surface area contributed by atoms with Crippen molar-refractivity contribution in [1.29, 1.82) is 0 Å². The van der Waals surface area contributed by atoms with Crippen molar-refractivity contribution in [3.05, 3.63) is 51.5 Å². The second kappa shape index (κ2) is 4.59. The molecule has 0 aliphatic heterocycles. The Balaban J connectivity index is 1.68. The monoisotopic (exact) mass is 244 g/mol. The van der Waals surface area contributed by atoms with Gasteiger partial charge in [-0.25, -0.2) is 4.98 Å². The Hall–Kier alpha value is -1.19. The number of nitrogens with zero attached hydrogens (tertiary/aromatic N) is 1. The van der Waals surface area contributed by atoms with Gasteiger partial charge in [-0.1, -0.05) is 24.3 Å².